The first kappa shape index (κ1) is 19.2. The number of hydrogen-bond donors (Lipinski definition) is 2. The minimum atomic E-state index is -0.581. The molecule has 3 N–H and O–H groups in total. The maximum Gasteiger partial charge on any atom is 0.270 e. The van der Waals surface area contributed by atoms with Gasteiger partial charge in [-0.1, -0.05) is 30.3 Å². The van der Waals surface area contributed by atoms with E-state index in [1.165, 1.54) is 11.0 Å². The van der Waals surface area contributed by atoms with Crippen molar-refractivity contribution in [3.63, 3.8) is 0 Å². The number of rotatable bonds is 5. The highest BCUT2D eigenvalue weighted by atomic mass is 32.1. The number of ether oxygens (including phenoxy) is 1. The van der Waals surface area contributed by atoms with Gasteiger partial charge in [-0.2, -0.15) is 0 Å². The Labute approximate surface area is 166 Å². The number of para-hydroxylation sites is 1. The Morgan fingerprint density at radius 3 is 2.50 bits per heavy atom. The molecule has 3 amide bonds. The summed E-state index contributed by atoms with van der Waals surface area (Å²) < 4.78 is 5.19. The van der Waals surface area contributed by atoms with E-state index < -0.39 is 17.7 Å². The number of primary amides is 1. The standard InChI is InChI=1S/C20H17N3O4S/c1-12-4-2-3-5-16(12)23-19(26)15(18(25)22-20(23)28)10-13-6-8-14(9-7-13)27-11-17(21)24/h2-10H,11H2,1H3,(H2,21,24)(H,22,25,28)/b15-10+. The highest BCUT2D eigenvalue weighted by Gasteiger charge is 2.34. The number of thiocarbonyl (C=S) groups is 1. The molecule has 1 aliphatic rings. The van der Waals surface area contributed by atoms with Crippen LogP contribution in [-0.2, 0) is 14.4 Å². The average molecular weight is 395 g/mol. The van der Waals surface area contributed by atoms with E-state index in [4.69, 9.17) is 22.7 Å². The molecule has 0 unspecified atom stereocenters. The van der Waals surface area contributed by atoms with E-state index in [1.54, 1.807) is 36.4 Å². The van der Waals surface area contributed by atoms with Crippen LogP contribution in [0.1, 0.15) is 11.1 Å². The summed E-state index contributed by atoms with van der Waals surface area (Å²) in [5.41, 5.74) is 7.07. The second-order valence-electron chi connectivity index (χ2n) is 6.07. The molecule has 0 radical (unpaired) electrons. The monoisotopic (exact) mass is 395 g/mol. The SMILES string of the molecule is Cc1ccccc1N1C(=O)/C(=C/c2ccc(OCC(N)=O)cc2)C(=O)NC1=S. The number of nitrogens with zero attached hydrogens (tertiary/aromatic N) is 1. The van der Waals surface area contributed by atoms with Crippen LogP contribution in [0.5, 0.6) is 5.75 Å². The van der Waals surface area contributed by atoms with E-state index in [2.05, 4.69) is 5.32 Å². The summed E-state index contributed by atoms with van der Waals surface area (Å²) in [5, 5.41) is 2.59. The Balaban J connectivity index is 1.89. The Hall–Kier alpha value is -3.52. The van der Waals surface area contributed by atoms with Crippen molar-refractivity contribution in [3.8, 4) is 5.75 Å². The quantitative estimate of drug-likeness (QED) is 0.456. The van der Waals surface area contributed by atoms with Gasteiger partial charge in [0.05, 0.1) is 5.69 Å². The van der Waals surface area contributed by atoms with Crippen molar-refractivity contribution >= 4 is 46.8 Å². The van der Waals surface area contributed by atoms with Gasteiger partial charge in [0.25, 0.3) is 17.7 Å². The molecule has 28 heavy (non-hydrogen) atoms. The number of carbonyl (C=O) groups is 3. The van der Waals surface area contributed by atoms with E-state index in [1.807, 2.05) is 19.1 Å². The summed E-state index contributed by atoms with van der Waals surface area (Å²) in [6.45, 7) is 1.63. The minimum absolute atomic E-state index is 0.0386. The first-order valence-corrected chi connectivity index (χ1v) is 8.76. The number of benzene rings is 2. The van der Waals surface area contributed by atoms with E-state index in [9.17, 15) is 14.4 Å². The molecule has 1 fully saturated rings. The Bertz CT molecular complexity index is 999. The Morgan fingerprint density at radius 1 is 1.18 bits per heavy atom. The molecular weight excluding hydrogens is 378 g/mol. The van der Waals surface area contributed by atoms with Crippen molar-refractivity contribution in [3.05, 3.63) is 65.2 Å². The maximum absolute atomic E-state index is 13.0. The van der Waals surface area contributed by atoms with Crippen LogP contribution in [-0.4, -0.2) is 29.4 Å². The predicted octanol–water partition coefficient (Wildman–Crippen LogP) is 1.69. The zero-order chi connectivity index (χ0) is 20.3. The fourth-order valence-corrected chi connectivity index (χ4v) is 2.95. The first-order chi connectivity index (χ1) is 13.4. The zero-order valence-corrected chi connectivity index (χ0v) is 15.8. The zero-order valence-electron chi connectivity index (χ0n) is 15.0. The molecule has 0 aromatic heterocycles. The van der Waals surface area contributed by atoms with Gasteiger partial charge in [0.2, 0.25) is 0 Å². The molecule has 1 saturated heterocycles. The molecule has 8 heteroatoms. The van der Waals surface area contributed by atoms with Gasteiger partial charge in [-0.25, -0.2) is 0 Å². The number of hydrogen-bond acceptors (Lipinski definition) is 5. The van der Waals surface area contributed by atoms with Crippen LogP contribution in [0.2, 0.25) is 0 Å². The van der Waals surface area contributed by atoms with Crippen LogP contribution in [0.15, 0.2) is 54.1 Å². The molecule has 0 saturated carbocycles. The number of anilines is 1. The lowest BCUT2D eigenvalue weighted by Gasteiger charge is -2.30. The largest absolute Gasteiger partial charge is 0.484 e. The van der Waals surface area contributed by atoms with Crippen molar-refractivity contribution in [1.82, 2.24) is 5.32 Å². The van der Waals surface area contributed by atoms with Gasteiger partial charge in [0, 0.05) is 0 Å². The summed E-state index contributed by atoms with van der Waals surface area (Å²) >= 11 is 5.20. The molecule has 3 rings (SSSR count). The molecule has 0 atom stereocenters. The molecule has 142 valence electrons. The van der Waals surface area contributed by atoms with Crippen LogP contribution in [0.4, 0.5) is 5.69 Å². The number of carbonyl (C=O) groups excluding carboxylic acids is 3. The van der Waals surface area contributed by atoms with Crippen LogP contribution < -0.4 is 20.7 Å². The van der Waals surface area contributed by atoms with Gasteiger partial charge in [0.15, 0.2) is 11.7 Å². The van der Waals surface area contributed by atoms with Gasteiger partial charge in [-0.05, 0) is 54.5 Å². The highest BCUT2D eigenvalue weighted by Crippen LogP contribution is 2.25. The fourth-order valence-electron chi connectivity index (χ4n) is 2.67. The van der Waals surface area contributed by atoms with Crippen molar-refractivity contribution in [2.24, 2.45) is 5.73 Å². The summed E-state index contributed by atoms with van der Waals surface area (Å²) in [6, 6.07) is 13.8. The molecule has 0 spiro atoms. The van der Waals surface area contributed by atoms with Crippen LogP contribution in [0, 0.1) is 6.92 Å². The molecule has 2 aromatic carbocycles. The van der Waals surface area contributed by atoms with E-state index >= 15 is 0 Å². The van der Waals surface area contributed by atoms with Gasteiger partial charge in [0.1, 0.15) is 11.3 Å². The van der Waals surface area contributed by atoms with Crippen LogP contribution in [0.3, 0.4) is 0 Å². The van der Waals surface area contributed by atoms with Crippen molar-refractivity contribution in [2.75, 3.05) is 11.5 Å². The second-order valence-corrected chi connectivity index (χ2v) is 6.46. The van der Waals surface area contributed by atoms with Gasteiger partial charge >= 0.3 is 0 Å². The van der Waals surface area contributed by atoms with Gasteiger partial charge in [-0.15, -0.1) is 0 Å². The fraction of sp³-hybridized carbons (Fsp3) is 0.100. The molecule has 7 nitrogen and oxygen atoms in total. The lowest BCUT2D eigenvalue weighted by atomic mass is 10.1. The normalized spacial score (nSPS) is 15.5. The van der Waals surface area contributed by atoms with E-state index in [0.29, 0.717) is 17.0 Å². The average Bonchev–Trinajstić information content (AvgIpc) is 2.65. The van der Waals surface area contributed by atoms with E-state index in [0.717, 1.165) is 5.56 Å². The van der Waals surface area contributed by atoms with Crippen molar-refractivity contribution in [1.29, 1.82) is 0 Å². The molecule has 1 heterocycles. The Kier molecular flexibility index (Phi) is 5.51. The number of nitrogens with two attached hydrogens (primary N) is 1. The third-order valence-electron chi connectivity index (χ3n) is 4.03. The number of aryl methyl sites for hydroxylation is 1. The molecule has 0 bridgehead atoms. The van der Waals surface area contributed by atoms with Gasteiger partial charge in [-0.3, -0.25) is 24.6 Å². The molecule has 1 aliphatic heterocycles. The maximum atomic E-state index is 13.0. The van der Waals surface area contributed by atoms with Crippen molar-refractivity contribution in [2.45, 2.75) is 6.92 Å². The number of nitrogens with one attached hydrogen (secondary N) is 1. The highest BCUT2D eigenvalue weighted by molar-refractivity contribution is 7.80. The topological polar surface area (TPSA) is 102 Å². The third-order valence-corrected chi connectivity index (χ3v) is 4.31. The summed E-state index contributed by atoms with van der Waals surface area (Å²) in [5.74, 6) is -1.20. The predicted molar refractivity (Wildman–Crippen MR) is 109 cm³/mol. The van der Waals surface area contributed by atoms with E-state index in [-0.39, 0.29) is 17.3 Å². The molecule has 2 aromatic rings. The molecule has 0 aliphatic carbocycles. The van der Waals surface area contributed by atoms with Crippen molar-refractivity contribution < 1.29 is 19.1 Å². The summed E-state index contributed by atoms with van der Waals surface area (Å²) in [6.07, 6.45) is 1.47. The summed E-state index contributed by atoms with van der Waals surface area (Å²) in [4.78, 5) is 37.4. The second kappa shape index (κ2) is 8.01. The van der Waals surface area contributed by atoms with Crippen LogP contribution >= 0.6 is 12.2 Å². The first-order valence-electron chi connectivity index (χ1n) is 8.35. The summed E-state index contributed by atoms with van der Waals surface area (Å²) in [7, 11) is 0. The smallest absolute Gasteiger partial charge is 0.270 e. The lowest BCUT2D eigenvalue weighted by Crippen LogP contribution is -2.54. The third kappa shape index (κ3) is 4.07. The Morgan fingerprint density at radius 2 is 1.86 bits per heavy atom. The number of amides is 3. The van der Waals surface area contributed by atoms with Gasteiger partial charge < -0.3 is 10.5 Å². The minimum Gasteiger partial charge on any atom is -0.484 e. The lowest BCUT2D eigenvalue weighted by molar-refractivity contribution is -0.122. The molecular formula is C20H17N3O4S. The van der Waals surface area contributed by atoms with Crippen LogP contribution in [0.25, 0.3) is 6.08 Å².